The third kappa shape index (κ3) is 7.28. The predicted molar refractivity (Wildman–Crippen MR) is 149 cm³/mol. The van der Waals surface area contributed by atoms with E-state index in [4.69, 9.17) is 13.9 Å². The zero-order valence-electron chi connectivity index (χ0n) is 24.0. The number of hydrogen-bond acceptors (Lipinski definition) is 10. The molecule has 0 saturated carbocycles. The highest BCUT2D eigenvalue weighted by Gasteiger charge is 2.34. The zero-order valence-corrected chi connectivity index (χ0v) is 24.0. The van der Waals surface area contributed by atoms with Gasteiger partial charge in [0.15, 0.2) is 5.69 Å². The average Bonchev–Trinajstić information content (AvgIpc) is 3.41. The maximum atomic E-state index is 13.6. The Hall–Kier alpha value is -5.40. The van der Waals surface area contributed by atoms with Gasteiger partial charge in [-0.15, -0.1) is 10.2 Å². The number of aryl methyl sites for hydroxylation is 1. The maximum Gasteiger partial charge on any atom is 0.341 e. The van der Waals surface area contributed by atoms with Crippen LogP contribution < -0.4 is 20.9 Å². The SMILES string of the molecule is Cc1nnc(C(=O)NC(C)(C)c2nc(C(=O)NCc3ccc(F)cc3)c(OC(C)OC(=O)c3ccccc3)c(=O)n2C)o1. The fraction of sp³-hybridized carbons (Fsp3) is 0.276. The number of hydrogen-bond donors (Lipinski definition) is 2. The zero-order chi connectivity index (χ0) is 31.3. The van der Waals surface area contributed by atoms with Gasteiger partial charge >= 0.3 is 17.8 Å². The molecule has 1 unspecified atom stereocenters. The number of benzene rings is 2. The van der Waals surface area contributed by atoms with Gasteiger partial charge in [0.2, 0.25) is 17.9 Å². The molecule has 0 fully saturated rings. The highest BCUT2D eigenvalue weighted by molar-refractivity contribution is 5.95. The van der Waals surface area contributed by atoms with Crippen LogP contribution in [0.4, 0.5) is 4.39 Å². The van der Waals surface area contributed by atoms with Crippen molar-refractivity contribution < 1.29 is 32.7 Å². The summed E-state index contributed by atoms with van der Waals surface area (Å²) in [6.45, 7) is 5.99. The lowest BCUT2D eigenvalue weighted by atomic mass is 10.0. The number of halogens is 1. The Labute approximate surface area is 245 Å². The van der Waals surface area contributed by atoms with E-state index in [1.807, 2.05) is 0 Å². The van der Waals surface area contributed by atoms with Crippen molar-refractivity contribution in [3.8, 4) is 5.75 Å². The third-order valence-corrected chi connectivity index (χ3v) is 6.10. The quantitative estimate of drug-likeness (QED) is 0.206. The molecule has 0 spiro atoms. The van der Waals surface area contributed by atoms with Gasteiger partial charge in [0.25, 0.3) is 11.5 Å². The highest BCUT2D eigenvalue weighted by Crippen LogP contribution is 2.22. The number of nitrogens with one attached hydrogen (secondary N) is 2. The molecular weight excluding hydrogens is 563 g/mol. The molecule has 2 aromatic carbocycles. The Bertz CT molecular complexity index is 1700. The molecular formula is C29H29FN6O7. The average molecular weight is 593 g/mol. The van der Waals surface area contributed by atoms with Crippen molar-refractivity contribution in [3.05, 3.63) is 105 Å². The van der Waals surface area contributed by atoms with Crippen LogP contribution in [0.5, 0.6) is 5.75 Å². The molecule has 2 heterocycles. The van der Waals surface area contributed by atoms with E-state index in [0.29, 0.717) is 5.56 Å². The van der Waals surface area contributed by atoms with Crippen molar-refractivity contribution in [1.82, 2.24) is 30.4 Å². The van der Waals surface area contributed by atoms with E-state index in [1.165, 1.54) is 45.2 Å². The van der Waals surface area contributed by atoms with Crippen molar-refractivity contribution in [2.45, 2.75) is 46.1 Å². The van der Waals surface area contributed by atoms with Gasteiger partial charge in [-0.05, 0) is 43.7 Å². The van der Waals surface area contributed by atoms with Crippen LogP contribution in [-0.2, 0) is 23.9 Å². The van der Waals surface area contributed by atoms with Gasteiger partial charge in [-0.3, -0.25) is 19.0 Å². The van der Waals surface area contributed by atoms with Crippen LogP contribution in [0, 0.1) is 12.7 Å². The first-order valence-electron chi connectivity index (χ1n) is 13.0. The van der Waals surface area contributed by atoms with Crippen LogP contribution >= 0.6 is 0 Å². The van der Waals surface area contributed by atoms with Gasteiger partial charge in [-0.1, -0.05) is 30.3 Å². The summed E-state index contributed by atoms with van der Waals surface area (Å²) >= 11 is 0. The first-order chi connectivity index (χ1) is 20.4. The fourth-order valence-electron chi connectivity index (χ4n) is 4.03. The Morgan fingerprint density at radius 3 is 2.35 bits per heavy atom. The molecule has 224 valence electrons. The van der Waals surface area contributed by atoms with Gasteiger partial charge in [-0.2, -0.15) is 0 Å². The summed E-state index contributed by atoms with van der Waals surface area (Å²) in [6, 6.07) is 13.6. The molecule has 1 atom stereocenters. The molecule has 43 heavy (non-hydrogen) atoms. The van der Waals surface area contributed by atoms with Crippen LogP contribution in [0.3, 0.4) is 0 Å². The van der Waals surface area contributed by atoms with E-state index in [-0.39, 0.29) is 29.7 Å². The van der Waals surface area contributed by atoms with Gasteiger partial charge in [0, 0.05) is 27.4 Å². The van der Waals surface area contributed by atoms with Crippen LogP contribution in [0.25, 0.3) is 0 Å². The largest absolute Gasteiger partial charge is 0.447 e. The van der Waals surface area contributed by atoms with Crippen molar-refractivity contribution in [1.29, 1.82) is 0 Å². The summed E-state index contributed by atoms with van der Waals surface area (Å²) in [7, 11) is 1.38. The molecule has 13 nitrogen and oxygen atoms in total. The van der Waals surface area contributed by atoms with Gasteiger partial charge in [0.05, 0.1) is 11.1 Å². The molecule has 0 aliphatic heterocycles. The summed E-state index contributed by atoms with van der Waals surface area (Å²) in [5.74, 6) is -3.33. The minimum absolute atomic E-state index is 0.0182. The first kappa shape index (κ1) is 30.6. The van der Waals surface area contributed by atoms with Gasteiger partial charge in [0.1, 0.15) is 11.6 Å². The van der Waals surface area contributed by atoms with Gasteiger partial charge < -0.3 is 24.5 Å². The lowest BCUT2D eigenvalue weighted by molar-refractivity contribution is -0.0384. The van der Waals surface area contributed by atoms with E-state index in [2.05, 4.69) is 25.8 Å². The second-order valence-electron chi connectivity index (χ2n) is 9.95. The highest BCUT2D eigenvalue weighted by atomic mass is 19.1. The van der Waals surface area contributed by atoms with Crippen molar-refractivity contribution in [2.24, 2.45) is 7.05 Å². The number of ether oxygens (including phenoxy) is 2. The Morgan fingerprint density at radius 1 is 1.05 bits per heavy atom. The molecule has 4 aromatic rings. The number of nitrogens with zero attached hydrogens (tertiary/aromatic N) is 4. The Morgan fingerprint density at radius 2 is 1.72 bits per heavy atom. The van der Waals surface area contributed by atoms with E-state index in [9.17, 15) is 23.6 Å². The summed E-state index contributed by atoms with van der Waals surface area (Å²) in [4.78, 5) is 56.8. The summed E-state index contributed by atoms with van der Waals surface area (Å²) in [6.07, 6.45) is -1.30. The molecule has 14 heteroatoms. The van der Waals surface area contributed by atoms with Crippen molar-refractivity contribution in [2.75, 3.05) is 0 Å². The summed E-state index contributed by atoms with van der Waals surface area (Å²) < 4.78 is 30.6. The van der Waals surface area contributed by atoms with E-state index in [0.717, 1.165) is 4.57 Å². The van der Waals surface area contributed by atoms with Gasteiger partial charge in [-0.25, -0.2) is 14.2 Å². The number of carbonyl (C=O) groups is 3. The Balaban J connectivity index is 1.67. The lowest BCUT2D eigenvalue weighted by Crippen LogP contribution is -2.46. The summed E-state index contributed by atoms with van der Waals surface area (Å²) in [5.41, 5.74) is -1.74. The minimum atomic E-state index is -1.34. The second kappa shape index (κ2) is 12.6. The molecule has 0 aliphatic carbocycles. The van der Waals surface area contributed by atoms with Crippen LogP contribution in [0.15, 0.2) is 63.8 Å². The molecule has 2 aromatic heterocycles. The number of esters is 1. The maximum absolute atomic E-state index is 13.6. The predicted octanol–water partition coefficient (Wildman–Crippen LogP) is 2.79. The first-order valence-corrected chi connectivity index (χ1v) is 13.0. The van der Waals surface area contributed by atoms with E-state index < -0.39 is 52.4 Å². The molecule has 2 N–H and O–H groups in total. The topological polar surface area (TPSA) is 168 Å². The fourth-order valence-corrected chi connectivity index (χ4v) is 4.03. The summed E-state index contributed by atoms with van der Waals surface area (Å²) in [5, 5.41) is 12.6. The molecule has 0 bridgehead atoms. The number of amides is 2. The molecule has 0 aliphatic rings. The third-order valence-electron chi connectivity index (χ3n) is 6.10. The Kier molecular flexibility index (Phi) is 8.98. The van der Waals surface area contributed by atoms with Crippen LogP contribution in [0.2, 0.25) is 0 Å². The van der Waals surface area contributed by atoms with Crippen LogP contribution in [-0.4, -0.2) is 43.8 Å². The van der Waals surface area contributed by atoms with Crippen molar-refractivity contribution in [3.63, 3.8) is 0 Å². The van der Waals surface area contributed by atoms with Crippen molar-refractivity contribution >= 4 is 17.8 Å². The molecule has 4 rings (SSSR count). The monoisotopic (exact) mass is 592 g/mol. The lowest BCUT2D eigenvalue weighted by Gasteiger charge is -2.28. The molecule has 0 radical (unpaired) electrons. The molecule has 2 amide bonds. The van der Waals surface area contributed by atoms with Crippen LogP contribution in [0.1, 0.15) is 69.6 Å². The number of rotatable bonds is 10. The second-order valence-corrected chi connectivity index (χ2v) is 9.95. The van der Waals surface area contributed by atoms with E-state index in [1.54, 1.807) is 44.2 Å². The minimum Gasteiger partial charge on any atom is -0.447 e. The smallest absolute Gasteiger partial charge is 0.341 e. The van der Waals surface area contributed by atoms with E-state index >= 15 is 0 Å². The normalized spacial score (nSPS) is 11.9. The molecule has 0 saturated heterocycles. The number of aromatic nitrogens is 4. The standard InChI is InChI=1S/C29H29FN6O7/c1-16-34-35-25(41-16)24(38)33-29(3,4)28-32-21(23(37)31-15-18-11-13-20(30)14-12-18)22(26(39)36(28)5)42-17(2)43-27(40)19-9-7-6-8-10-19/h6-14,17H,15H2,1-5H3,(H,31,37)(H,33,38). The number of carbonyl (C=O) groups excluding carboxylic acids is 3.